The molecule has 240 valence electrons. The van der Waals surface area contributed by atoms with E-state index in [4.69, 9.17) is 32.2 Å². The van der Waals surface area contributed by atoms with Crippen molar-refractivity contribution in [3.8, 4) is 0 Å². The smallest absolute Gasteiger partial charge is 0.283 e. The lowest BCUT2D eigenvalue weighted by atomic mass is 10.1. The molecule has 16 heteroatoms. The highest BCUT2D eigenvalue weighted by molar-refractivity contribution is 7.73. The molecule has 0 heterocycles. The molecule has 0 spiro atoms. The Balaban J connectivity index is 2.23. The first-order valence-electron chi connectivity index (χ1n) is 13.9. The van der Waals surface area contributed by atoms with Crippen LogP contribution in [-0.2, 0) is 31.0 Å². The number of nitrogens with zero attached hydrogens (tertiary/aromatic N) is 4. The van der Waals surface area contributed by atoms with E-state index in [0.717, 1.165) is 11.1 Å². The highest BCUT2D eigenvalue weighted by Crippen LogP contribution is 2.65. The summed E-state index contributed by atoms with van der Waals surface area (Å²) in [4.78, 5) is 21.0. The highest BCUT2D eigenvalue weighted by Gasteiger charge is 2.42. The van der Waals surface area contributed by atoms with E-state index < -0.39 is 24.9 Å². The molecule has 0 aliphatic rings. The Kier molecular flexibility index (Phi) is 16.3. The average molecular weight is 681 g/mol. The summed E-state index contributed by atoms with van der Waals surface area (Å²) in [5.74, 6) is 0.550. The number of benzene rings is 2. The Labute approximate surface area is 262 Å². The number of nitro groups is 2. The first-order chi connectivity index (χ1) is 20.4. The second kappa shape index (κ2) is 18.8. The van der Waals surface area contributed by atoms with Crippen molar-refractivity contribution in [1.82, 2.24) is 9.34 Å². The molecule has 12 nitrogen and oxygen atoms in total. The summed E-state index contributed by atoms with van der Waals surface area (Å²) in [5, 5.41) is 21.9. The van der Waals surface area contributed by atoms with Crippen molar-refractivity contribution in [2.45, 2.75) is 38.5 Å². The summed E-state index contributed by atoms with van der Waals surface area (Å²) in [7, 11) is -4.09. The number of unbranched alkanes of at least 4 members (excludes halogenated alkanes) is 2. The Hall–Kier alpha value is -1.88. The zero-order valence-corrected chi connectivity index (χ0v) is 27.8. The van der Waals surface area contributed by atoms with E-state index in [-0.39, 0.29) is 30.5 Å². The summed E-state index contributed by atoms with van der Waals surface area (Å²) >= 11 is 11.7. The van der Waals surface area contributed by atoms with Crippen LogP contribution in [0, 0.1) is 20.2 Å². The molecule has 0 saturated heterocycles. The lowest BCUT2D eigenvalue weighted by Gasteiger charge is -2.34. The molecule has 0 fully saturated rings. The molecule has 0 aliphatic heterocycles. The van der Waals surface area contributed by atoms with Gasteiger partial charge in [-0.15, -0.1) is 23.2 Å². The van der Waals surface area contributed by atoms with Crippen LogP contribution in [0.15, 0.2) is 48.5 Å². The van der Waals surface area contributed by atoms with E-state index in [9.17, 15) is 29.4 Å². The molecule has 0 saturated carbocycles. The summed E-state index contributed by atoms with van der Waals surface area (Å²) in [6.07, 6.45) is 3.41. The van der Waals surface area contributed by atoms with Crippen LogP contribution in [0.4, 0.5) is 11.4 Å². The van der Waals surface area contributed by atoms with Gasteiger partial charge in [0.15, 0.2) is 0 Å². The van der Waals surface area contributed by atoms with Crippen LogP contribution in [0.1, 0.15) is 36.8 Å². The fourth-order valence-corrected chi connectivity index (χ4v) is 10.7. The number of hydrogen-bond acceptors (Lipinski definition) is 8. The van der Waals surface area contributed by atoms with Gasteiger partial charge in [0.1, 0.15) is 5.90 Å². The van der Waals surface area contributed by atoms with E-state index in [2.05, 4.69) is 0 Å². The number of rotatable bonds is 22. The van der Waals surface area contributed by atoms with Crippen molar-refractivity contribution in [1.29, 1.82) is 0 Å². The molecule has 2 unspecified atom stereocenters. The summed E-state index contributed by atoms with van der Waals surface area (Å²) in [6, 6.07) is 12.1. The van der Waals surface area contributed by atoms with Crippen LogP contribution < -0.4 is 0 Å². The molecule has 2 aromatic rings. The molecule has 0 aromatic heterocycles. The normalized spacial score (nSPS) is 14.5. The average Bonchev–Trinajstić information content (AvgIpc) is 2.97. The Morgan fingerprint density at radius 1 is 0.674 bits per heavy atom. The van der Waals surface area contributed by atoms with Crippen LogP contribution in [0.3, 0.4) is 0 Å². The number of alkyl halides is 2. The Morgan fingerprint density at radius 3 is 1.33 bits per heavy atom. The van der Waals surface area contributed by atoms with E-state index in [0.29, 0.717) is 63.4 Å². The van der Waals surface area contributed by atoms with Crippen LogP contribution in [0.2, 0.25) is 0 Å². The molecule has 0 aliphatic carbocycles. The molecule has 0 bridgehead atoms. The van der Waals surface area contributed by atoms with Gasteiger partial charge in [-0.05, 0) is 63.7 Å². The second-order valence-electron chi connectivity index (χ2n) is 9.98. The SMILES string of the molecule is CN(CCCCCl)P(=O)(CP(=O)(OCCc1ccc([N+](=O)[O-])cc1)N(C)CCCCCl)OCCc1ccc([N+](=O)[O-])cc1. The van der Waals surface area contributed by atoms with Crippen molar-refractivity contribution >= 4 is 49.6 Å². The van der Waals surface area contributed by atoms with Gasteiger partial charge >= 0.3 is 0 Å². The summed E-state index contributed by atoms with van der Waals surface area (Å²) in [6.45, 7) is 0.877. The minimum Gasteiger partial charge on any atom is -0.317 e. The maximum atomic E-state index is 14.4. The van der Waals surface area contributed by atoms with Gasteiger partial charge in [0.2, 0.25) is 0 Å². The molecule has 2 atom stereocenters. The minimum absolute atomic E-state index is 0.0293. The largest absolute Gasteiger partial charge is 0.317 e. The third kappa shape index (κ3) is 12.6. The molecule has 0 N–H and O–H groups in total. The topological polar surface area (TPSA) is 145 Å². The number of hydrogen-bond donors (Lipinski definition) is 0. The monoisotopic (exact) mass is 680 g/mol. The van der Waals surface area contributed by atoms with Crippen LogP contribution in [-0.4, -0.2) is 77.2 Å². The maximum Gasteiger partial charge on any atom is 0.283 e. The quantitative estimate of drug-likeness (QED) is 0.0401. The third-order valence-corrected chi connectivity index (χ3v) is 13.8. The number of halogens is 2. The molecular weight excluding hydrogens is 641 g/mol. The maximum absolute atomic E-state index is 14.4. The van der Waals surface area contributed by atoms with E-state index in [1.165, 1.54) is 24.3 Å². The molecule has 2 aromatic carbocycles. The van der Waals surface area contributed by atoms with E-state index in [1.807, 2.05) is 0 Å². The molecular formula is C27H40Cl2N4O8P2. The van der Waals surface area contributed by atoms with Crippen molar-refractivity contribution < 1.29 is 28.0 Å². The lowest BCUT2D eigenvalue weighted by Crippen LogP contribution is -2.26. The van der Waals surface area contributed by atoms with Crippen molar-refractivity contribution in [2.75, 3.05) is 58.1 Å². The van der Waals surface area contributed by atoms with Gasteiger partial charge in [-0.2, -0.15) is 0 Å². The number of non-ortho nitro benzene ring substituents is 2. The predicted octanol–water partition coefficient (Wildman–Crippen LogP) is 7.57. The Morgan fingerprint density at radius 2 is 1.02 bits per heavy atom. The fraction of sp³-hybridized carbons (Fsp3) is 0.556. The highest BCUT2D eigenvalue weighted by atomic mass is 35.5. The molecule has 0 radical (unpaired) electrons. The Bertz CT molecular complexity index is 1160. The van der Waals surface area contributed by atoms with Crippen molar-refractivity contribution in [3.05, 3.63) is 79.9 Å². The fourth-order valence-electron chi connectivity index (χ4n) is 4.08. The standard InChI is InChI=1S/C27H40Cl2N4O8P2/c1-30(19-5-3-17-28)42(38,40-21-15-24-7-11-26(12-8-24)32(34)35)23-43(39,31(2)20-6-4-18-29)41-22-16-25-9-13-27(14-10-25)33(36)37/h7-14H,3-6,15-23H2,1-2H3. The van der Waals surface area contributed by atoms with Gasteiger partial charge < -0.3 is 9.05 Å². The molecule has 2 rings (SSSR count). The van der Waals surface area contributed by atoms with Crippen molar-refractivity contribution in [2.24, 2.45) is 0 Å². The zero-order valence-electron chi connectivity index (χ0n) is 24.5. The zero-order chi connectivity index (χ0) is 31.9. The second-order valence-corrected chi connectivity index (χ2v) is 16.3. The van der Waals surface area contributed by atoms with Gasteiger partial charge in [0.25, 0.3) is 26.4 Å². The van der Waals surface area contributed by atoms with Gasteiger partial charge in [-0.3, -0.25) is 29.4 Å². The predicted molar refractivity (Wildman–Crippen MR) is 171 cm³/mol. The van der Waals surface area contributed by atoms with Crippen molar-refractivity contribution in [3.63, 3.8) is 0 Å². The van der Waals surface area contributed by atoms with Gasteiger partial charge in [0, 0.05) is 49.1 Å². The van der Waals surface area contributed by atoms with Crippen LogP contribution in [0.25, 0.3) is 0 Å². The summed E-state index contributed by atoms with van der Waals surface area (Å²) < 4.78 is 44.1. The summed E-state index contributed by atoms with van der Waals surface area (Å²) in [5.41, 5.74) is 1.47. The molecule has 0 amide bonds. The lowest BCUT2D eigenvalue weighted by molar-refractivity contribution is -0.385. The third-order valence-electron chi connectivity index (χ3n) is 6.79. The van der Waals surface area contributed by atoms with Gasteiger partial charge in [0.05, 0.1) is 23.1 Å². The van der Waals surface area contributed by atoms with Crippen LogP contribution >= 0.6 is 38.2 Å². The van der Waals surface area contributed by atoms with Crippen LogP contribution in [0.5, 0.6) is 0 Å². The first-order valence-corrected chi connectivity index (χ1v) is 18.5. The van der Waals surface area contributed by atoms with Gasteiger partial charge in [-0.1, -0.05) is 24.3 Å². The van der Waals surface area contributed by atoms with Gasteiger partial charge in [-0.25, -0.2) is 9.34 Å². The molecule has 43 heavy (non-hydrogen) atoms. The van der Waals surface area contributed by atoms with E-state index >= 15 is 0 Å². The van der Waals surface area contributed by atoms with E-state index in [1.54, 1.807) is 47.7 Å². The first kappa shape index (κ1) is 37.3. The number of nitro benzene ring substituents is 2. The minimum atomic E-state index is -3.71.